The number of anilines is 2. The second-order valence-electron chi connectivity index (χ2n) is 4.83. The number of para-hydroxylation sites is 1. The van der Waals surface area contributed by atoms with Crippen LogP contribution in [-0.2, 0) is 0 Å². The number of benzene rings is 1. The molecule has 0 radical (unpaired) electrons. The van der Waals surface area contributed by atoms with Crippen LogP contribution in [0.2, 0.25) is 0 Å². The van der Waals surface area contributed by atoms with Crippen LogP contribution in [0.5, 0.6) is 0 Å². The van der Waals surface area contributed by atoms with Gasteiger partial charge in [-0.25, -0.2) is 4.98 Å². The standard InChI is InChI=1S/C15H17N5S/c21-15(18-13-4-2-1-3-5-13)20-10-8-19(9-11-20)14-12-16-6-7-17-14/h1-7,12H,8-11H2,(H,18,21). The lowest BCUT2D eigenvalue weighted by molar-refractivity contribution is 0.389. The smallest absolute Gasteiger partial charge is 0.173 e. The highest BCUT2D eigenvalue weighted by atomic mass is 32.1. The van der Waals surface area contributed by atoms with E-state index in [2.05, 4.69) is 25.1 Å². The Morgan fingerprint density at radius 1 is 1.05 bits per heavy atom. The zero-order valence-electron chi connectivity index (χ0n) is 11.6. The van der Waals surface area contributed by atoms with Crippen molar-refractivity contribution in [3.8, 4) is 0 Å². The fourth-order valence-corrected chi connectivity index (χ4v) is 2.62. The minimum atomic E-state index is 0.778. The van der Waals surface area contributed by atoms with Crippen molar-refractivity contribution < 1.29 is 0 Å². The largest absolute Gasteiger partial charge is 0.352 e. The minimum absolute atomic E-state index is 0.778. The molecule has 5 nitrogen and oxygen atoms in total. The predicted molar refractivity (Wildman–Crippen MR) is 88.5 cm³/mol. The summed E-state index contributed by atoms with van der Waals surface area (Å²) in [6, 6.07) is 10.0. The van der Waals surface area contributed by atoms with Crippen LogP contribution in [0.15, 0.2) is 48.9 Å². The quantitative estimate of drug-likeness (QED) is 0.856. The molecule has 2 heterocycles. The predicted octanol–water partition coefficient (Wildman–Crippen LogP) is 2.00. The Morgan fingerprint density at radius 3 is 2.48 bits per heavy atom. The number of hydrogen-bond donors (Lipinski definition) is 1. The monoisotopic (exact) mass is 299 g/mol. The van der Waals surface area contributed by atoms with Gasteiger partial charge in [0.25, 0.3) is 0 Å². The van der Waals surface area contributed by atoms with Gasteiger partial charge >= 0.3 is 0 Å². The highest BCUT2D eigenvalue weighted by molar-refractivity contribution is 7.80. The highest BCUT2D eigenvalue weighted by Gasteiger charge is 2.19. The lowest BCUT2D eigenvalue weighted by Crippen LogP contribution is -2.50. The molecule has 1 N–H and O–H groups in total. The van der Waals surface area contributed by atoms with Gasteiger partial charge in [-0.15, -0.1) is 0 Å². The lowest BCUT2D eigenvalue weighted by atomic mass is 10.3. The van der Waals surface area contributed by atoms with Gasteiger partial charge in [-0.3, -0.25) is 4.98 Å². The highest BCUT2D eigenvalue weighted by Crippen LogP contribution is 2.13. The summed E-state index contributed by atoms with van der Waals surface area (Å²) in [5, 5.41) is 4.05. The summed E-state index contributed by atoms with van der Waals surface area (Å²) in [5.41, 5.74) is 1.03. The average Bonchev–Trinajstić information content (AvgIpc) is 2.57. The molecule has 0 atom stereocenters. The van der Waals surface area contributed by atoms with Crippen LogP contribution < -0.4 is 10.2 Å². The Morgan fingerprint density at radius 2 is 1.81 bits per heavy atom. The third-order valence-electron chi connectivity index (χ3n) is 3.47. The molecule has 2 aromatic rings. The number of thiocarbonyl (C=S) groups is 1. The van der Waals surface area contributed by atoms with Gasteiger partial charge in [0.05, 0.1) is 6.20 Å². The van der Waals surface area contributed by atoms with Crippen LogP contribution in [-0.4, -0.2) is 46.2 Å². The zero-order valence-corrected chi connectivity index (χ0v) is 12.5. The molecule has 0 saturated carbocycles. The van der Waals surface area contributed by atoms with E-state index in [9.17, 15) is 0 Å². The van der Waals surface area contributed by atoms with Gasteiger partial charge in [-0.1, -0.05) is 18.2 Å². The maximum Gasteiger partial charge on any atom is 0.173 e. The molecular weight excluding hydrogens is 282 g/mol. The molecule has 108 valence electrons. The molecule has 1 aromatic carbocycles. The lowest BCUT2D eigenvalue weighted by Gasteiger charge is -2.36. The van der Waals surface area contributed by atoms with Crippen molar-refractivity contribution in [2.24, 2.45) is 0 Å². The van der Waals surface area contributed by atoms with Crippen LogP contribution in [0.3, 0.4) is 0 Å². The van der Waals surface area contributed by atoms with Crippen molar-refractivity contribution in [2.45, 2.75) is 0 Å². The van der Waals surface area contributed by atoms with E-state index in [0.717, 1.165) is 42.8 Å². The van der Waals surface area contributed by atoms with E-state index in [1.807, 2.05) is 30.3 Å². The van der Waals surface area contributed by atoms with Gasteiger partial charge < -0.3 is 15.1 Å². The van der Waals surface area contributed by atoms with Gasteiger partial charge in [0, 0.05) is 44.3 Å². The van der Waals surface area contributed by atoms with Crippen molar-refractivity contribution >= 4 is 28.8 Å². The molecule has 1 aliphatic heterocycles. The van der Waals surface area contributed by atoms with Crippen LogP contribution in [0, 0.1) is 0 Å². The fraction of sp³-hybridized carbons (Fsp3) is 0.267. The molecular formula is C15H17N5S. The van der Waals surface area contributed by atoms with Crippen molar-refractivity contribution in [1.29, 1.82) is 0 Å². The number of piperazine rings is 1. The third-order valence-corrected chi connectivity index (χ3v) is 3.83. The molecule has 0 bridgehead atoms. The molecule has 6 heteroatoms. The van der Waals surface area contributed by atoms with Crippen molar-refractivity contribution in [2.75, 3.05) is 36.4 Å². The normalized spacial score (nSPS) is 14.9. The molecule has 0 unspecified atom stereocenters. The van der Waals surface area contributed by atoms with Crippen LogP contribution in [0.1, 0.15) is 0 Å². The topological polar surface area (TPSA) is 44.3 Å². The van der Waals surface area contributed by atoms with E-state index >= 15 is 0 Å². The van der Waals surface area contributed by atoms with E-state index in [-0.39, 0.29) is 0 Å². The molecule has 0 aliphatic carbocycles. The van der Waals surface area contributed by atoms with E-state index in [1.54, 1.807) is 18.6 Å². The first-order valence-electron chi connectivity index (χ1n) is 6.95. The van der Waals surface area contributed by atoms with Crippen LogP contribution in [0.25, 0.3) is 0 Å². The Kier molecular flexibility index (Phi) is 4.25. The number of rotatable bonds is 2. The second-order valence-corrected chi connectivity index (χ2v) is 5.22. The summed E-state index contributed by atoms with van der Waals surface area (Å²) in [6.07, 6.45) is 5.22. The SMILES string of the molecule is S=C(Nc1ccccc1)N1CCN(c2cnccn2)CC1. The van der Waals surface area contributed by atoms with Crippen molar-refractivity contribution in [3.63, 3.8) is 0 Å². The Labute approximate surface area is 129 Å². The van der Waals surface area contributed by atoms with Crippen molar-refractivity contribution in [3.05, 3.63) is 48.9 Å². The Bertz CT molecular complexity index is 582. The van der Waals surface area contributed by atoms with Crippen molar-refractivity contribution in [1.82, 2.24) is 14.9 Å². The van der Waals surface area contributed by atoms with E-state index in [0.29, 0.717) is 0 Å². The second kappa shape index (κ2) is 6.49. The van der Waals surface area contributed by atoms with Crippen LogP contribution in [0.4, 0.5) is 11.5 Å². The maximum atomic E-state index is 5.48. The molecule has 1 fully saturated rings. The van der Waals surface area contributed by atoms with Gasteiger partial charge in [0.2, 0.25) is 0 Å². The summed E-state index contributed by atoms with van der Waals surface area (Å²) >= 11 is 5.48. The van der Waals surface area contributed by atoms with Gasteiger partial charge in [-0.05, 0) is 24.4 Å². The molecule has 1 aromatic heterocycles. The zero-order chi connectivity index (χ0) is 14.5. The first-order chi connectivity index (χ1) is 10.3. The summed E-state index contributed by atoms with van der Waals surface area (Å²) in [6.45, 7) is 3.56. The molecule has 3 rings (SSSR count). The number of nitrogens with zero attached hydrogens (tertiary/aromatic N) is 4. The third kappa shape index (κ3) is 3.46. The molecule has 0 spiro atoms. The van der Waals surface area contributed by atoms with Crippen LogP contribution >= 0.6 is 12.2 Å². The summed E-state index contributed by atoms with van der Waals surface area (Å²) in [4.78, 5) is 12.9. The molecule has 1 aliphatic rings. The van der Waals surface area contributed by atoms with Gasteiger partial charge in [0.1, 0.15) is 5.82 Å². The first kappa shape index (κ1) is 13.8. The summed E-state index contributed by atoms with van der Waals surface area (Å²) in [5.74, 6) is 0.930. The van der Waals surface area contributed by atoms with Gasteiger partial charge in [0.15, 0.2) is 5.11 Å². The number of aromatic nitrogens is 2. The first-order valence-corrected chi connectivity index (χ1v) is 7.36. The summed E-state index contributed by atoms with van der Waals surface area (Å²) < 4.78 is 0. The van der Waals surface area contributed by atoms with E-state index in [1.165, 1.54) is 0 Å². The number of nitrogens with one attached hydrogen (secondary N) is 1. The Balaban J connectivity index is 1.55. The Hall–Kier alpha value is -2.21. The minimum Gasteiger partial charge on any atom is -0.352 e. The van der Waals surface area contributed by atoms with Gasteiger partial charge in [-0.2, -0.15) is 0 Å². The average molecular weight is 299 g/mol. The summed E-state index contributed by atoms with van der Waals surface area (Å²) in [7, 11) is 0. The number of hydrogen-bond acceptors (Lipinski definition) is 4. The molecule has 21 heavy (non-hydrogen) atoms. The van der Waals surface area contributed by atoms with E-state index < -0.39 is 0 Å². The maximum absolute atomic E-state index is 5.48. The molecule has 1 saturated heterocycles. The fourth-order valence-electron chi connectivity index (χ4n) is 2.32. The molecule has 0 amide bonds. The van der Waals surface area contributed by atoms with E-state index in [4.69, 9.17) is 12.2 Å².